The minimum atomic E-state index is -0.882. The molecule has 1 aromatic rings. The average Bonchev–Trinajstić information content (AvgIpc) is 3.17. The number of carboxylic acids is 1. The molecule has 1 saturated carbocycles. The van der Waals surface area contributed by atoms with Crippen LogP contribution in [-0.4, -0.2) is 53.8 Å². The minimum absolute atomic E-state index is 0.0380. The highest BCUT2D eigenvalue weighted by Crippen LogP contribution is 2.59. The van der Waals surface area contributed by atoms with Gasteiger partial charge in [-0.3, -0.25) is 14.4 Å². The van der Waals surface area contributed by atoms with E-state index in [0.29, 0.717) is 31.7 Å². The molecule has 1 aromatic carbocycles. The first-order valence-corrected chi connectivity index (χ1v) is 8.61. The number of Topliss-reactive ketones (excluding diaryl/α,β-unsaturated/α-hetero) is 1. The second-order valence-electron chi connectivity index (χ2n) is 7.53. The molecule has 0 unspecified atom stereocenters. The molecule has 1 saturated heterocycles. The molecule has 2 atom stereocenters. The van der Waals surface area contributed by atoms with Gasteiger partial charge in [0.1, 0.15) is 0 Å². The number of carbonyl (C=O) groups is 3. The van der Waals surface area contributed by atoms with E-state index in [9.17, 15) is 19.5 Å². The van der Waals surface area contributed by atoms with Crippen LogP contribution < -0.4 is 4.90 Å². The third kappa shape index (κ3) is 3.13. The van der Waals surface area contributed by atoms with Gasteiger partial charge < -0.3 is 14.9 Å². The summed E-state index contributed by atoms with van der Waals surface area (Å²) in [5, 5.41) is 9.26. The van der Waals surface area contributed by atoms with Gasteiger partial charge in [-0.1, -0.05) is 13.8 Å². The van der Waals surface area contributed by atoms with Crippen LogP contribution in [0.3, 0.4) is 0 Å². The molecule has 1 aliphatic carbocycles. The topological polar surface area (TPSA) is 77.9 Å². The van der Waals surface area contributed by atoms with E-state index >= 15 is 0 Å². The minimum Gasteiger partial charge on any atom is -0.481 e. The molecular weight excluding hydrogens is 320 g/mol. The number of amides is 1. The van der Waals surface area contributed by atoms with Crippen LogP contribution in [0.15, 0.2) is 24.3 Å². The van der Waals surface area contributed by atoms with Gasteiger partial charge in [-0.15, -0.1) is 0 Å². The van der Waals surface area contributed by atoms with Crippen LogP contribution in [0.25, 0.3) is 0 Å². The zero-order chi connectivity index (χ0) is 18.4. The number of hydrogen-bond donors (Lipinski definition) is 1. The molecule has 3 rings (SSSR count). The Morgan fingerprint density at radius 3 is 2.00 bits per heavy atom. The Hall–Kier alpha value is -2.37. The number of rotatable bonds is 4. The molecule has 6 heteroatoms. The van der Waals surface area contributed by atoms with E-state index in [4.69, 9.17) is 0 Å². The van der Waals surface area contributed by atoms with Crippen molar-refractivity contribution in [3.8, 4) is 0 Å². The predicted molar refractivity (Wildman–Crippen MR) is 93.6 cm³/mol. The molecule has 1 N–H and O–H groups in total. The van der Waals surface area contributed by atoms with Crippen LogP contribution in [0.1, 0.15) is 31.1 Å². The SMILES string of the molecule is CC(=O)c1ccc(N2CCN(C(=O)[C@@H]3[C@@H](C(=O)O)C3(C)C)CC2)cc1. The molecule has 6 nitrogen and oxygen atoms in total. The summed E-state index contributed by atoms with van der Waals surface area (Å²) in [6, 6.07) is 7.50. The van der Waals surface area contributed by atoms with Crippen LogP contribution in [0.2, 0.25) is 0 Å². The van der Waals surface area contributed by atoms with Crippen LogP contribution in [0.4, 0.5) is 5.69 Å². The number of benzene rings is 1. The predicted octanol–water partition coefficient (Wildman–Crippen LogP) is 1.89. The maximum absolute atomic E-state index is 12.7. The molecule has 0 aromatic heterocycles. The number of carbonyl (C=O) groups excluding carboxylic acids is 2. The summed E-state index contributed by atoms with van der Waals surface area (Å²) in [4.78, 5) is 39.3. The van der Waals surface area contributed by atoms with Gasteiger partial charge in [0, 0.05) is 37.4 Å². The largest absolute Gasteiger partial charge is 0.481 e. The first-order valence-electron chi connectivity index (χ1n) is 8.61. The van der Waals surface area contributed by atoms with Crippen molar-refractivity contribution in [3.05, 3.63) is 29.8 Å². The number of ketones is 1. The molecule has 134 valence electrons. The second kappa shape index (κ2) is 6.17. The third-order valence-electron chi connectivity index (χ3n) is 5.59. The third-order valence-corrected chi connectivity index (χ3v) is 5.59. The van der Waals surface area contributed by atoms with Crippen molar-refractivity contribution in [1.82, 2.24) is 4.90 Å². The standard InChI is InChI=1S/C19H24N2O4/c1-12(22)13-4-6-14(7-5-13)20-8-10-21(11-9-20)17(23)15-16(18(24)25)19(15,2)3/h4-7,15-16H,8-11H2,1-3H3,(H,24,25)/t15-,16-/m0/s1. The Morgan fingerprint density at radius 1 is 1.00 bits per heavy atom. The first kappa shape index (κ1) is 17.5. The molecule has 0 bridgehead atoms. The smallest absolute Gasteiger partial charge is 0.307 e. The van der Waals surface area contributed by atoms with Gasteiger partial charge in [-0.2, -0.15) is 0 Å². The fraction of sp³-hybridized carbons (Fsp3) is 0.526. The quantitative estimate of drug-likeness (QED) is 0.844. The van der Waals surface area contributed by atoms with Crippen molar-refractivity contribution in [2.45, 2.75) is 20.8 Å². The van der Waals surface area contributed by atoms with E-state index in [0.717, 1.165) is 5.69 Å². The molecule has 2 aliphatic rings. The van der Waals surface area contributed by atoms with Gasteiger partial charge >= 0.3 is 5.97 Å². The molecule has 1 amide bonds. The van der Waals surface area contributed by atoms with Crippen LogP contribution >= 0.6 is 0 Å². The number of anilines is 1. The van der Waals surface area contributed by atoms with Crippen LogP contribution in [0, 0.1) is 17.3 Å². The van der Waals surface area contributed by atoms with E-state index in [-0.39, 0.29) is 11.7 Å². The van der Waals surface area contributed by atoms with Crippen LogP contribution in [-0.2, 0) is 9.59 Å². The number of hydrogen-bond acceptors (Lipinski definition) is 4. The van der Waals surface area contributed by atoms with E-state index in [1.807, 2.05) is 38.1 Å². The second-order valence-corrected chi connectivity index (χ2v) is 7.53. The van der Waals surface area contributed by atoms with Crippen molar-refractivity contribution in [3.63, 3.8) is 0 Å². The van der Waals surface area contributed by atoms with Crippen molar-refractivity contribution >= 4 is 23.3 Å². The van der Waals surface area contributed by atoms with Crippen molar-refractivity contribution in [2.75, 3.05) is 31.1 Å². The Labute approximate surface area is 147 Å². The lowest BCUT2D eigenvalue weighted by atomic mass is 10.1. The molecule has 1 aliphatic heterocycles. The highest BCUT2D eigenvalue weighted by Gasteiger charge is 2.66. The van der Waals surface area contributed by atoms with Crippen molar-refractivity contribution in [1.29, 1.82) is 0 Å². The van der Waals surface area contributed by atoms with Gasteiger partial charge in [-0.25, -0.2) is 0 Å². The number of nitrogens with zero attached hydrogens (tertiary/aromatic N) is 2. The fourth-order valence-corrected chi connectivity index (χ4v) is 3.85. The molecule has 0 radical (unpaired) electrons. The lowest BCUT2D eigenvalue weighted by molar-refractivity contribution is -0.142. The van der Waals surface area contributed by atoms with Gasteiger partial charge in [0.15, 0.2) is 5.78 Å². The van der Waals surface area contributed by atoms with Crippen molar-refractivity contribution < 1.29 is 19.5 Å². The fourth-order valence-electron chi connectivity index (χ4n) is 3.85. The maximum atomic E-state index is 12.7. The summed E-state index contributed by atoms with van der Waals surface area (Å²) in [5.41, 5.74) is 1.27. The first-order chi connectivity index (χ1) is 11.7. The summed E-state index contributed by atoms with van der Waals surface area (Å²) in [5.74, 6) is -1.86. The Bertz CT molecular complexity index is 703. The normalized spacial score (nSPS) is 24.8. The summed E-state index contributed by atoms with van der Waals surface area (Å²) in [6.07, 6.45) is 0. The monoisotopic (exact) mass is 344 g/mol. The van der Waals surface area contributed by atoms with E-state index in [1.54, 1.807) is 11.8 Å². The number of carboxylic acid groups (broad SMARTS) is 1. The highest BCUT2D eigenvalue weighted by atomic mass is 16.4. The maximum Gasteiger partial charge on any atom is 0.307 e. The van der Waals surface area contributed by atoms with E-state index in [1.165, 1.54) is 0 Å². The Balaban J connectivity index is 1.60. The van der Waals surface area contributed by atoms with Gasteiger partial charge in [0.2, 0.25) is 5.91 Å². The Kier molecular flexibility index (Phi) is 4.31. The van der Waals surface area contributed by atoms with E-state index in [2.05, 4.69) is 4.90 Å². The summed E-state index contributed by atoms with van der Waals surface area (Å²) in [6.45, 7) is 7.83. The number of aliphatic carboxylic acids is 1. The zero-order valence-corrected chi connectivity index (χ0v) is 14.9. The zero-order valence-electron chi connectivity index (χ0n) is 14.9. The Morgan fingerprint density at radius 2 is 1.56 bits per heavy atom. The molecule has 2 fully saturated rings. The average molecular weight is 344 g/mol. The van der Waals surface area contributed by atoms with Crippen molar-refractivity contribution in [2.24, 2.45) is 17.3 Å². The molecular formula is C19H24N2O4. The molecule has 0 spiro atoms. The van der Waals surface area contributed by atoms with E-state index < -0.39 is 23.2 Å². The highest BCUT2D eigenvalue weighted by molar-refractivity contribution is 5.94. The van der Waals surface area contributed by atoms with Gasteiger partial charge in [0.25, 0.3) is 0 Å². The van der Waals surface area contributed by atoms with Gasteiger partial charge in [-0.05, 0) is 36.6 Å². The lowest BCUT2D eigenvalue weighted by Crippen LogP contribution is -2.49. The number of piperazine rings is 1. The van der Waals surface area contributed by atoms with Crippen LogP contribution in [0.5, 0.6) is 0 Å². The lowest BCUT2D eigenvalue weighted by Gasteiger charge is -2.36. The summed E-state index contributed by atoms with van der Waals surface area (Å²) >= 11 is 0. The molecule has 25 heavy (non-hydrogen) atoms. The van der Waals surface area contributed by atoms with Gasteiger partial charge in [0.05, 0.1) is 11.8 Å². The molecule has 1 heterocycles. The summed E-state index contributed by atoms with van der Waals surface area (Å²) < 4.78 is 0. The summed E-state index contributed by atoms with van der Waals surface area (Å²) in [7, 11) is 0.